The van der Waals surface area contributed by atoms with E-state index in [0.717, 1.165) is 5.76 Å². The molecule has 9 heavy (non-hydrogen) atoms. The van der Waals surface area contributed by atoms with Crippen LogP contribution in [0.3, 0.4) is 0 Å². The van der Waals surface area contributed by atoms with Crippen LogP contribution in [-0.4, -0.2) is 18.3 Å². The van der Waals surface area contributed by atoms with Gasteiger partial charge in [0.2, 0.25) is 0 Å². The van der Waals surface area contributed by atoms with Crippen LogP contribution in [0.5, 0.6) is 0 Å². The van der Waals surface area contributed by atoms with Crippen molar-refractivity contribution in [2.45, 2.75) is 12.5 Å². The lowest BCUT2D eigenvalue weighted by Gasteiger charge is -2.09. The van der Waals surface area contributed by atoms with Crippen molar-refractivity contribution in [3.63, 3.8) is 0 Å². The lowest BCUT2D eigenvalue weighted by atomic mass is 10.1. The van der Waals surface area contributed by atoms with E-state index in [1.807, 2.05) is 12.2 Å². The molecule has 1 rings (SSSR count). The number of ether oxygens (including phenoxy) is 1. The number of methoxy groups -OCH3 is 1. The third-order valence-electron chi connectivity index (χ3n) is 1.25. The predicted molar refractivity (Wildman–Crippen MR) is 34.9 cm³/mol. The number of allylic oxidation sites excluding steroid dienone is 1. The molecule has 0 saturated heterocycles. The second-order valence-corrected chi connectivity index (χ2v) is 1.98. The van der Waals surface area contributed by atoms with Crippen LogP contribution in [0.4, 0.5) is 0 Å². The van der Waals surface area contributed by atoms with Gasteiger partial charge in [-0.3, -0.25) is 0 Å². The summed E-state index contributed by atoms with van der Waals surface area (Å²) < 4.78 is 4.88. The summed E-state index contributed by atoms with van der Waals surface area (Å²) in [4.78, 5) is 0. The highest BCUT2D eigenvalue weighted by atomic mass is 16.5. The summed E-state index contributed by atoms with van der Waals surface area (Å²) in [7, 11) is 1.59. The van der Waals surface area contributed by atoms with Gasteiger partial charge in [-0.2, -0.15) is 0 Å². The molecule has 0 spiro atoms. The highest BCUT2D eigenvalue weighted by molar-refractivity contribution is 5.18. The van der Waals surface area contributed by atoms with Crippen LogP contribution >= 0.6 is 0 Å². The third-order valence-corrected chi connectivity index (χ3v) is 1.25. The Morgan fingerprint density at radius 1 is 1.78 bits per heavy atom. The zero-order chi connectivity index (χ0) is 6.69. The molecule has 0 aromatic heterocycles. The molecule has 2 nitrogen and oxygen atoms in total. The molecule has 0 fully saturated rings. The zero-order valence-electron chi connectivity index (χ0n) is 5.37. The molecule has 0 unspecified atom stereocenters. The molecular weight excluding hydrogens is 116 g/mol. The summed E-state index contributed by atoms with van der Waals surface area (Å²) in [6, 6.07) is 0. The Kier molecular flexibility index (Phi) is 1.90. The maximum Gasteiger partial charge on any atom is 0.117 e. The number of aliphatic hydroxyl groups excluding tert-OH is 1. The van der Waals surface area contributed by atoms with Gasteiger partial charge in [-0.15, -0.1) is 0 Å². The molecule has 0 bridgehead atoms. The van der Waals surface area contributed by atoms with Crippen LogP contribution in [0, 0.1) is 0 Å². The fourth-order valence-corrected chi connectivity index (χ4v) is 0.773. The number of aliphatic hydroxyl groups is 1. The maximum atomic E-state index is 9.00. The first kappa shape index (κ1) is 6.36. The highest BCUT2D eigenvalue weighted by Gasteiger charge is 2.03. The van der Waals surface area contributed by atoms with Gasteiger partial charge in [-0.05, 0) is 18.6 Å². The highest BCUT2D eigenvalue weighted by Crippen LogP contribution is 2.09. The van der Waals surface area contributed by atoms with E-state index in [0.29, 0.717) is 6.42 Å². The lowest BCUT2D eigenvalue weighted by molar-refractivity contribution is 0.211. The van der Waals surface area contributed by atoms with E-state index >= 15 is 0 Å². The standard InChI is InChI=1S/C7H10O2/c1-9-7-4-2-3-6(8)5-7/h2,4-6,8H,3H2,1H3/t6-/m0/s1. The molecule has 0 heterocycles. The summed E-state index contributed by atoms with van der Waals surface area (Å²) in [6.07, 6.45) is 5.79. The van der Waals surface area contributed by atoms with Crippen molar-refractivity contribution in [1.29, 1.82) is 0 Å². The van der Waals surface area contributed by atoms with Gasteiger partial charge < -0.3 is 9.84 Å². The van der Waals surface area contributed by atoms with Crippen LogP contribution in [0.15, 0.2) is 24.0 Å². The van der Waals surface area contributed by atoms with Crippen molar-refractivity contribution < 1.29 is 9.84 Å². The molecule has 1 aliphatic carbocycles. The van der Waals surface area contributed by atoms with Crippen LogP contribution in [-0.2, 0) is 4.74 Å². The Hall–Kier alpha value is -0.760. The minimum absolute atomic E-state index is 0.357. The molecule has 0 aromatic rings. The van der Waals surface area contributed by atoms with E-state index < -0.39 is 0 Å². The topological polar surface area (TPSA) is 29.5 Å². The Morgan fingerprint density at radius 2 is 2.56 bits per heavy atom. The minimum Gasteiger partial charge on any atom is -0.497 e. The SMILES string of the molecule is COC1=C[C@@H](O)CC=C1. The van der Waals surface area contributed by atoms with Gasteiger partial charge in [-0.25, -0.2) is 0 Å². The molecule has 2 heteroatoms. The zero-order valence-corrected chi connectivity index (χ0v) is 5.37. The summed E-state index contributed by atoms with van der Waals surface area (Å²) in [5, 5.41) is 9.00. The van der Waals surface area contributed by atoms with Crippen molar-refractivity contribution in [1.82, 2.24) is 0 Å². The van der Waals surface area contributed by atoms with Crippen LogP contribution in [0.25, 0.3) is 0 Å². The van der Waals surface area contributed by atoms with Crippen molar-refractivity contribution in [2.75, 3.05) is 7.11 Å². The van der Waals surface area contributed by atoms with Gasteiger partial charge in [0.25, 0.3) is 0 Å². The average molecular weight is 126 g/mol. The largest absolute Gasteiger partial charge is 0.497 e. The van der Waals surface area contributed by atoms with Crippen molar-refractivity contribution in [3.05, 3.63) is 24.0 Å². The minimum atomic E-state index is -0.357. The van der Waals surface area contributed by atoms with Crippen LogP contribution in [0.1, 0.15) is 6.42 Å². The van der Waals surface area contributed by atoms with Crippen LogP contribution in [0.2, 0.25) is 0 Å². The first-order valence-corrected chi connectivity index (χ1v) is 2.93. The second kappa shape index (κ2) is 2.69. The van der Waals surface area contributed by atoms with Gasteiger partial charge in [0.05, 0.1) is 13.2 Å². The first-order valence-electron chi connectivity index (χ1n) is 2.93. The molecule has 0 saturated carbocycles. The van der Waals surface area contributed by atoms with E-state index in [4.69, 9.17) is 9.84 Å². The third kappa shape index (κ3) is 1.57. The predicted octanol–water partition coefficient (Wildman–Crippen LogP) is 0.837. The van der Waals surface area contributed by atoms with Crippen molar-refractivity contribution in [3.8, 4) is 0 Å². The van der Waals surface area contributed by atoms with Gasteiger partial charge in [0, 0.05) is 0 Å². The van der Waals surface area contributed by atoms with E-state index in [2.05, 4.69) is 0 Å². The summed E-state index contributed by atoms with van der Waals surface area (Å²) in [6.45, 7) is 0. The summed E-state index contributed by atoms with van der Waals surface area (Å²) in [5.74, 6) is 0.744. The Balaban J connectivity index is 2.59. The van der Waals surface area contributed by atoms with Gasteiger partial charge in [0.15, 0.2) is 0 Å². The van der Waals surface area contributed by atoms with E-state index in [-0.39, 0.29) is 6.10 Å². The fraction of sp³-hybridized carbons (Fsp3) is 0.429. The van der Waals surface area contributed by atoms with E-state index in [1.54, 1.807) is 13.2 Å². The van der Waals surface area contributed by atoms with Crippen LogP contribution < -0.4 is 0 Å². The molecular formula is C7H10O2. The van der Waals surface area contributed by atoms with Crippen molar-refractivity contribution in [2.24, 2.45) is 0 Å². The number of rotatable bonds is 1. The molecule has 50 valence electrons. The summed E-state index contributed by atoms with van der Waals surface area (Å²) in [5.41, 5.74) is 0. The maximum absolute atomic E-state index is 9.00. The Bertz CT molecular complexity index is 147. The Labute approximate surface area is 54.5 Å². The molecule has 0 aliphatic heterocycles. The molecule has 0 radical (unpaired) electrons. The van der Waals surface area contributed by atoms with Gasteiger partial charge in [0.1, 0.15) is 5.76 Å². The second-order valence-electron chi connectivity index (χ2n) is 1.98. The molecule has 1 aliphatic rings. The average Bonchev–Trinajstić information content (AvgIpc) is 1.88. The van der Waals surface area contributed by atoms with Gasteiger partial charge >= 0.3 is 0 Å². The van der Waals surface area contributed by atoms with E-state index in [1.165, 1.54) is 0 Å². The molecule has 1 atom stereocenters. The lowest BCUT2D eigenvalue weighted by Crippen LogP contribution is -2.05. The molecule has 0 aromatic carbocycles. The number of hydrogen-bond acceptors (Lipinski definition) is 2. The van der Waals surface area contributed by atoms with E-state index in [9.17, 15) is 0 Å². The number of hydrogen-bond donors (Lipinski definition) is 1. The molecule has 1 N–H and O–H groups in total. The monoisotopic (exact) mass is 126 g/mol. The normalized spacial score (nSPS) is 25.6. The smallest absolute Gasteiger partial charge is 0.117 e. The van der Waals surface area contributed by atoms with Crippen molar-refractivity contribution >= 4 is 0 Å². The quantitative estimate of drug-likeness (QED) is 0.564. The first-order chi connectivity index (χ1) is 4.33. The summed E-state index contributed by atoms with van der Waals surface area (Å²) >= 11 is 0. The molecule has 0 amide bonds. The van der Waals surface area contributed by atoms with Gasteiger partial charge in [-0.1, -0.05) is 6.08 Å². The fourth-order valence-electron chi connectivity index (χ4n) is 0.773. The Morgan fingerprint density at radius 3 is 3.00 bits per heavy atom.